The SMILES string of the molecule is CC1CC1NC(=O)NOCC(=O)O. The molecule has 0 aliphatic heterocycles. The number of urea groups is 1. The van der Waals surface area contributed by atoms with Gasteiger partial charge in [0.05, 0.1) is 0 Å². The number of rotatable bonds is 4. The highest BCUT2D eigenvalue weighted by atomic mass is 16.7. The van der Waals surface area contributed by atoms with Crippen molar-refractivity contribution in [2.45, 2.75) is 19.4 Å². The molecule has 74 valence electrons. The Balaban J connectivity index is 2.01. The highest BCUT2D eigenvalue weighted by molar-refractivity contribution is 5.74. The molecule has 2 atom stereocenters. The summed E-state index contributed by atoms with van der Waals surface area (Å²) in [6.45, 7) is 1.48. The van der Waals surface area contributed by atoms with Crippen LogP contribution in [0, 0.1) is 5.92 Å². The Morgan fingerprint density at radius 1 is 1.62 bits per heavy atom. The van der Waals surface area contributed by atoms with Crippen LogP contribution in [0.5, 0.6) is 0 Å². The molecule has 6 nitrogen and oxygen atoms in total. The van der Waals surface area contributed by atoms with Gasteiger partial charge in [0.1, 0.15) is 0 Å². The third-order valence-electron chi connectivity index (χ3n) is 1.79. The summed E-state index contributed by atoms with van der Waals surface area (Å²) in [6, 6.07) is -0.288. The molecule has 0 bridgehead atoms. The lowest BCUT2D eigenvalue weighted by Gasteiger charge is -2.04. The van der Waals surface area contributed by atoms with Crippen LogP contribution in [0.3, 0.4) is 0 Å². The third-order valence-corrected chi connectivity index (χ3v) is 1.79. The van der Waals surface area contributed by atoms with Crippen molar-refractivity contribution >= 4 is 12.0 Å². The van der Waals surface area contributed by atoms with E-state index in [4.69, 9.17) is 5.11 Å². The minimum atomic E-state index is -1.12. The largest absolute Gasteiger partial charge is 0.479 e. The van der Waals surface area contributed by atoms with Gasteiger partial charge in [-0.05, 0) is 12.3 Å². The normalized spacial score (nSPS) is 25.0. The fraction of sp³-hybridized carbons (Fsp3) is 0.714. The van der Waals surface area contributed by atoms with E-state index in [1.54, 1.807) is 0 Å². The summed E-state index contributed by atoms with van der Waals surface area (Å²) in [6.07, 6.45) is 0.965. The maximum atomic E-state index is 10.9. The zero-order chi connectivity index (χ0) is 9.84. The standard InChI is InChI=1S/C7H12N2O4/c1-4-2-5(4)8-7(12)9-13-3-6(10)11/h4-5H,2-3H2,1H3,(H,10,11)(H2,8,9,12). The average Bonchev–Trinajstić information content (AvgIpc) is 2.65. The maximum absolute atomic E-state index is 10.9. The van der Waals surface area contributed by atoms with Crippen molar-refractivity contribution in [2.24, 2.45) is 5.92 Å². The first kappa shape index (κ1) is 9.79. The van der Waals surface area contributed by atoms with Crippen LogP contribution in [0.4, 0.5) is 4.79 Å². The molecule has 0 spiro atoms. The van der Waals surface area contributed by atoms with E-state index in [1.807, 2.05) is 12.4 Å². The van der Waals surface area contributed by atoms with Gasteiger partial charge in [0.15, 0.2) is 6.61 Å². The van der Waals surface area contributed by atoms with Gasteiger partial charge in [-0.15, -0.1) is 0 Å². The molecule has 2 unspecified atom stereocenters. The van der Waals surface area contributed by atoms with Gasteiger partial charge in [0.2, 0.25) is 0 Å². The molecule has 1 fully saturated rings. The summed E-state index contributed by atoms with van der Waals surface area (Å²) in [4.78, 5) is 25.2. The van der Waals surface area contributed by atoms with E-state index in [0.717, 1.165) is 6.42 Å². The molecule has 0 saturated heterocycles. The minimum Gasteiger partial charge on any atom is -0.479 e. The number of aliphatic carboxylic acids is 1. The van der Waals surface area contributed by atoms with Gasteiger partial charge in [0, 0.05) is 6.04 Å². The molecule has 1 aliphatic carbocycles. The third kappa shape index (κ3) is 3.75. The lowest BCUT2D eigenvalue weighted by atomic mass is 10.5. The number of hydroxylamine groups is 1. The molecule has 1 saturated carbocycles. The molecule has 0 heterocycles. The first-order valence-electron chi connectivity index (χ1n) is 3.99. The van der Waals surface area contributed by atoms with E-state index in [1.165, 1.54) is 0 Å². The predicted octanol–water partition coefficient (Wildman–Crippen LogP) is -0.290. The molecular weight excluding hydrogens is 176 g/mol. The van der Waals surface area contributed by atoms with Crippen LogP contribution < -0.4 is 10.8 Å². The summed E-state index contributed by atoms with van der Waals surface area (Å²) in [5.74, 6) is -0.620. The van der Waals surface area contributed by atoms with Gasteiger partial charge >= 0.3 is 12.0 Å². The number of carbonyl (C=O) groups is 2. The zero-order valence-electron chi connectivity index (χ0n) is 7.24. The van der Waals surface area contributed by atoms with Crippen molar-refractivity contribution in [1.82, 2.24) is 10.8 Å². The first-order chi connectivity index (χ1) is 6.09. The second kappa shape index (κ2) is 4.08. The topological polar surface area (TPSA) is 87.7 Å². The number of carboxylic acid groups (broad SMARTS) is 1. The number of nitrogens with one attached hydrogen (secondary N) is 2. The van der Waals surface area contributed by atoms with Crippen molar-refractivity contribution in [2.75, 3.05) is 6.61 Å². The Morgan fingerprint density at radius 3 is 2.69 bits per heavy atom. The number of hydrogen-bond acceptors (Lipinski definition) is 3. The highest BCUT2D eigenvalue weighted by Gasteiger charge is 2.33. The van der Waals surface area contributed by atoms with Gasteiger partial charge < -0.3 is 10.4 Å². The number of hydrogen-bond donors (Lipinski definition) is 3. The Hall–Kier alpha value is -1.30. The van der Waals surface area contributed by atoms with E-state index in [9.17, 15) is 9.59 Å². The number of carboxylic acids is 1. The van der Waals surface area contributed by atoms with Crippen LogP contribution in [0.2, 0.25) is 0 Å². The first-order valence-corrected chi connectivity index (χ1v) is 3.99. The lowest BCUT2D eigenvalue weighted by molar-refractivity contribution is -0.144. The smallest absolute Gasteiger partial charge is 0.338 e. The summed E-state index contributed by atoms with van der Waals surface area (Å²) in [5.41, 5.74) is 1.98. The predicted molar refractivity (Wildman–Crippen MR) is 42.8 cm³/mol. The monoisotopic (exact) mass is 188 g/mol. The van der Waals surface area contributed by atoms with Crippen molar-refractivity contribution in [1.29, 1.82) is 0 Å². The molecule has 3 N–H and O–H groups in total. The average molecular weight is 188 g/mol. The van der Waals surface area contributed by atoms with Crippen LogP contribution in [-0.2, 0) is 9.63 Å². The van der Waals surface area contributed by atoms with E-state index in [0.29, 0.717) is 5.92 Å². The minimum absolute atomic E-state index is 0.202. The van der Waals surface area contributed by atoms with E-state index >= 15 is 0 Å². The van der Waals surface area contributed by atoms with Crippen molar-refractivity contribution in [3.05, 3.63) is 0 Å². The van der Waals surface area contributed by atoms with Crippen LogP contribution in [-0.4, -0.2) is 29.8 Å². The van der Waals surface area contributed by atoms with Crippen LogP contribution in [0.25, 0.3) is 0 Å². The molecule has 1 rings (SSSR count). The molecule has 0 aromatic carbocycles. The van der Waals surface area contributed by atoms with E-state index in [-0.39, 0.29) is 6.04 Å². The molecular formula is C7H12N2O4. The molecule has 0 aromatic rings. The van der Waals surface area contributed by atoms with Gasteiger partial charge in [-0.25, -0.2) is 15.1 Å². The second-order valence-corrected chi connectivity index (χ2v) is 3.08. The van der Waals surface area contributed by atoms with Gasteiger partial charge in [-0.1, -0.05) is 6.92 Å². The molecule has 0 radical (unpaired) electrons. The summed E-state index contributed by atoms with van der Waals surface area (Å²) in [5, 5.41) is 10.8. The van der Waals surface area contributed by atoms with Gasteiger partial charge in [-0.3, -0.25) is 4.84 Å². The Bertz CT molecular complexity index is 219. The molecule has 13 heavy (non-hydrogen) atoms. The quantitative estimate of drug-likeness (QED) is 0.529. The number of carbonyl (C=O) groups excluding carboxylic acids is 1. The molecule has 2 amide bonds. The van der Waals surface area contributed by atoms with Gasteiger partial charge in [-0.2, -0.15) is 0 Å². The van der Waals surface area contributed by atoms with E-state index in [2.05, 4.69) is 10.2 Å². The number of amides is 2. The summed E-state index contributed by atoms with van der Waals surface area (Å²) in [7, 11) is 0. The van der Waals surface area contributed by atoms with Crippen LogP contribution >= 0.6 is 0 Å². The Labute approximate surface area is 75.2 Å². The van der Waals surface area contributed by atoms with Crippen molar-refractivity contribution < 1.29 is 19.5 Å². The Kier molecular flexibility index (Phi) is 3.07. The van der Waals surface area contributed by atoms with Crippen molar-refractivity contribution in [3.8, 4) is 0 Å². The molecule has 0 aromatic heterocycles. The van der Waals surface area contributed by atoms with Gasteiger partial charge in [0.25, 0.3) is 0 Å². The van der Waals surface area contributed by atoms with Crippen LogP contribution in [0.15, 0.2) is 0 Å². The second-order valence-electron chi connectivity index (χ2n) is 3.08. The highest BCUT2D eigenvalue weighted by Crippen LogP contribution is 2.28. The van der Waals surface area contributed by atoms with Crippen LogP contribution in [0.1, 0.15) is 13.3 Å². The molecule has 6 heteroatoms. The van der Waals surface area contributed by atoms with E-state index < -0.39 is 18.6 Å². The lowest BCUT2D eigenvalue weighted by Crippen LogP contribution is -2.38. The Morgan fingerprint density at radius 2 is 2.23 bits per heavy atom. The molecule has 1 aliphatic rings. The summed E-state index contributed by atoms with van der Waals surface area (Å²) >= 11 is 0. The fourth-order valence-corrected chi connectivity index (χ4v) is 0.884. The summed E-state index contributed by atoms with van der Waals surface area (Å²) < 4.78 is 0. The fourth-order valence-electron chi connectivity index (χ4n) is 0.884. The van der Waals surface area contributed by atoms with Crippen molar-refractivity contribution in [3.63, 3.8) is 0 Å². The zero-order valence-corrected chi connectivity index (χ0v) is 7.24. The maximum Gasteiger partial charge on any atom is 0.338 e.